The van der Waals surface area contributed by atoms with Crippen molar-refractivity contribution in [1.29, 1.82) is 0 Å². The molecule has 2 fully saturated rings. The minimum absolute atomic E-state index is 0.0979. The molecule has 0 aliphatic carbocycles. The third-order valence-electron chi connectivity index (χ3n) is 3.39. The summed E-state index contributed by atoms with van der Waals surface area (Å²) < 4.78 is 11.7. The van der Waals surface area contributed by atoms with Gasteiger partial charge in [-0.15, -0.1) is 6.58 Å². The highest BCUT2D eigenvalue weighted by Crippen LogP contribution is 2.33. The molecule has 0 spiro atoms. The number of carbonyl (C=O) groups is 1. The van der Waals surface area contributed by atoms with Gasteiger partial charge in [0.25, 0.3) is 5.91 Å². The van der Waals surface area contributed by atoms with Crippen LogP contribution in [-0.4, -0.2) is 48.0 Å². The van der Waals surface area contributed by atoms with Gasteiger partial charge in [-0.2, -0.15) is 0 Å². The van der Waals surface area contributed by atoms with Crippen molar-refractivity contribution < 1.29 is 13.9 Å². The monoisotopic (exact) mass is 336 g/mol. The molecule has 116 valence electrons. The number of carbonyl (C=O) groups excluding carboxylic acids is 1. The van der Waals surface area contributed by atoms with E-state index in [4.69, 9.17) is 21.4 Å². The van der Waals surface area contributed by atoms with E-state index in [1.807, 2.05) is 12.1 Å². The van der Waals surface area contributed by atoms with Crippen LogP contribution in [0, 0.1) is 0 Å². The van der Waals surface area contributed by atoms with Crippen LogP contribution in [0.5, 0.6) is 0 Å². The Hall–Kier alpha value is -1.57. The minimum Gasteiger partial charge on any atom is -0.441 e. The zero-order valence-electron chi connectivity index (χ0n) is 12.0. The summed E-state index contributed by atoms with van der Waals surface area (Å²) in [5.41, 5.74) is 0. The van der Waals surface area contributed by atoms with Gasteiger partial charge in [0, 0.05) is 31.8 Å². The van der Waals surface area contributed by atoms with Gasteiger partial charge >= 0.3 is 0 Å². The molecule has 0 aromatic carbocycles. The highest BCUT2D eigenvalue weighted by molar-refractivity contribution is 8.26. The van der Waals surface area contributed by atoms with E-state index >= 15 is 0 Å². The molecular formula is C15H16N2O3S2. The quantitative estimate of drug-likeness (QED) is 0.478. The fraction of sp³-hybridized carbons (Fsp3) is 0.333. The molecule has 0 unspecified atom stereocenters. The lowest BCUT2D eigenvalue weighted by Gasteiger charge is -2.26. The number of nitrogens with zero attached hydrogens (tertiary/aromatic N) is 2. The number of morpholine rings is 1. The second-order valence-electron chi connectivity index (χ2n) is 4.86. The van der Waals surface area contributed by atoms with E-state index in [-0.39, 0.29) is 5.91 Å². The average Bonchev–Trinajstić information content (AvgIpc) is 3.09. The SMILES string of the molecule is C=CCN1C(=O)/C(=C/c2ccc(N3CCOCC3)o2)SC1=S. The van der Waals surface area contributed by atoms with Crippen molar-refractivity contribution >= 4 is 46.2 Å². The number of anilines is 1. The first-order valence-electron chi connectivity index (χ1n) is 6.98. The first kappa shape index (κ1) is 15.3. The molecule has 2 aliphatic rings. The van der Waals surface area contributed by atoms with Crippen LogP contribution in [0.4, 0.5) is 5.88 Å². The van der Waals surface area contributed by atoms with Crippen LogP contribution in [0.2, 0.25) is 0 Å². The zero-order chi connectivity index (χ0) is 15.5. The van der Waals surface area contributed by atoms with Crippen LogP contribution in [0.1, 0.15) is 5.76 Å². The predicted molar refractivity (Wildman–Crippen MR) is 91.8 cm³/mol. The summed E-state index contributed by atoms with van der Waals surface area (Å²) in [4.78, 5) is 16.5. The molecule has 0 atom stereocenters. The van der Waals surface area contributed by atoms with Crippen molar-refractivity contribution in [2.75, 3.05) is 37.7 Å². The summed E-state index contributed by atoms with van der Waals surface area (Å²) >= 11 is 6.50. The van der Waals surface area contributed by atoms with Crippen LogP contribution < -0.4 is 4.90 Å². The van der Waals surface area contributed by atoms with Gasteiger partial charge in [-0.3, -0.25) is 9.69 Å². The van der Waals surface area contributed by atoms with Gasteiger partial charge in [0.2, 0.25) is 0 Å². The van der Waals surface area contributed by atoms with E-state index < -0.39 is 0 Å². The number of thioether (sulfide) groups is 1. The van der Waals surface area contributed by atoms with E-state index in [1.165, 1.54) is 16.7 Å². The number of amides is 1. The third kappa shape index (κ3) is 3.11. The summed E-state index contributed by atoms with van der Waals surface area (Å²) in [5.74, 6) is 1.36. The van der Waals surface area contributed by atoms with E-state index in [2.05, 4.69) is 11.5 Å². The molecule has 2 aliphatic heterocycles. The maximum absolute atomic E-state index is 12.3. The first-order valence-corrected chi connectivity index (χ1v) is 8.20. The van der Waals surface area contributed by atoms with Crippen molar-refractivity contribution in [3.05, 3.63) is 35.5 Å². The Bertz CT molecular complexity index is 632. The van der Waals surface area contributed by atoms with Gasteiger partial charge in [0.15, 0.2) is 5.88 Å². The van der Waals surface area contributed by atoms with Gasteiger partial charge in [-0.25, -0.2) is 0 Å². The first-order chi connectivity index (χ1) is 10.7. The molecule has 22 heavy (non-hydrogen) atoms. The summed E-state index contributed by atoms with van der Waals surface area (Å²) in [6.45, 7) is 7.11. The second kappa shape index (κ2) is 6.68. The Kier molecular flexibility index (Phi) is 4.66. The Morgan fingerprint density at radius 1 is 1.36 bits per heavy atom. The van der Waals surface area contributed by atoms with Gasteiger partial charge in [0.1, 0.15) is 10.1 Å². The van der Waals surface area contributed by atoms with E-state index in [9.17, 15) is 4.79 Å². The van der Waals surface area contributed by atoms with Crippen molar-refractivity contribution in [1.82, 2.24) is 4.90 Å². The summed E-state index contributed by atoms with van der Waals surface area (Å²) in [6.07, 6.45) is 3.41. The average molecular weight is 336 g/mol. The number of ether oxygens (including phenoxy) is 1. The highest BCUT2D eigenvalue weighted by atomic mass is 32.2. The lowest BCUT2D eigenvalue weighted by molar-refractivity contribution is -0.121. The number of furan rings is 1. The zero-order valence-corrected chi connectivity index (χ0v) is 13.6. The van der Waals surface area contributed by atoms with Gasteiger partial charge in [-0.1, -0.05) is 30.1 Å². The molecule has 0 N–H and O–H groups in total. The molecule has 1 amide bonds. The summed E-state index contributed by atoms with van der Waals surface area (Å²) in [6, 6.07) is 3.78. The predicted octanol–water partition coefficient (Wildman–Crippen LogP) is 2.50. The number of hydrogen-bond acceptors (Lipinski definition) is 6. The van der Waals surface area contributed by atoms with E-state index in [0.29, 0.717) is 34.7 Å². The molecule has 7 heteroatoms. The Morgan fingerprint density at radius 3 is 2.86 bits per heavy atom. The van der Waals surface area contributed by atoms with Crippen LogP contribution in [0.15, 0.2) is 34.1 Å². The van der Waals surface area contributed by atoms with Crippen molar-refractivity contribution in [2.45, 2.75) is 0 Å². The maximum Gasteiger partial charge on any atom is 0.266 e. The second-order valence-corrected chi connectivity index (χ2v) is 6.53. The molecule has 1 aromatic rings. The van der Waals surface area contributed by atoms with Crippen LogP contribution in [0.25, 0.3) is 6.08 Å². The van der Waals surface area contributed by atoms with Crippen LogP contribution in [0.3, 0.4) is 0 Å². The number of hydrogen-bond donors (Lipinski definition) is 0. The fourth-order valence-corrected chi connectivity index (χ4v) is 3.54. The van der Waals surface area contributed by atoms with Crippen molar-refractivity contribution in [3.8, 4) is 0 Å². The van der Waals surface area contributed by atoms with Crippen molar-refractivity contribution in [3.63, 3.8) is 0 Å². The normalized spacial score (nSPS) is 21.0. The van der Waals surface area contributed by atoms with E-state index in [0.717, 1.165) is 19.0 Å². The molecule has 1 aromatic heterocycles. The number of rotatable bonds is 4. The molecule has 5 nitrogen and oxygen atoms in total. The smallest absolute Gasteiger partial charge is 0.266 e. The minimum atomic E-state index is -0.0979. The standard InChI is InChI=1S/C15H16N2O3S2/c1-2-5-17-14(18)12(22-15(17)21)10-11-3-4-13(20-11)16-6-8-19-9-7-16/h2-4,10H,1,5-9H2/b12-10-. The number of thiocarbonyl (C=S) groups is 1. The molecule has 0 saturated carbocycles. The molecule has 2 saturated heterocycles. The van der Waals surface area contributed by atoms with E-state index in [1.54, 1.807) is 12.2 Å². The molecular weight excluding hydrogens is 320 g/mol. The fourth-order valence-electron chi connectivity index (χ4n) is 2.29. The molecule has 0 bridgehead atoms. The van der Waals surface area contributed by atoms with Crippen LogP contribution in [-0.2, 0) is 9.53 Å². The molecule has 3 heterocycles. The lowest BCUT2D eigenvalue weighted by atomic mass is 10.3. The van der Waals surface area contributed by atoms with Gasteiger partial charge in [-0.05, 0) is 6.07 Å². The topological polar surface area (TPSA) is 45.9 Å². The largest absolute Gasteiger partial charge is 0.441 e. The molecule has 0 radical (unpaired) electrons. The van der Waals surface area contributed by atoms with Gasteiger partial charge < -0.3 is 14.1 Å². The Balaban J connectivity index is 1.75. The lowest BCUT2D eigenvalue weighted by Crippen LogP contribution is -2.35. The summed E-state index contributed by atoms with van der Waals surface area (Å²) in [5, 5.41) is 0. The Labute approximate surface area is 138 Å². The van der Waals surface area contributed by atoms with Gasteiger partial charge in [0.05, 0.1) is 18.1 Å². The maximum atomic E-state index is 12.3. The third-order valence-corrected chi connectivity index (χ3v) is 4.77. The summed E-state index contributed by atoms with van der Waals surface area (Å²) in [7, 11) is 0. The molecule has 3 rings (SSSR count). The van der Waals surface area contributed by atoms with Crippen molar-refractivity contribution in [2.24, 2.45) is 0 Å². The Morgan fingerprint density at radius 2 is 2.14 bits per heavy atom. The van der Waals surface area contributed by atoms with Crippen LogP contribution >= 0.6 is 24.0 Å². The highest BCUT2D eigenvalue weighted by Gasteiger charge is 2.31.